The van der Waals surface area contributed by atoms with E-state index in [1.165, 1.54) is 6.92 Å². The summed E-state index contributed by atoms with van der Waals surface area (Å²) in [7, 11) is -2.06. The van der Waals surface area contributed by atoms with Crippen LogP contribution in [-0.4, -0.2) is 48.4 Å². The number of amides is 1. The van der Waals surface area contributed by atoms with Gasteiger partial charge in [0.15, 0.2) is 8.32 Å². The Hall–Kier alpha value is -1.63. The molecular formula is C17H29N3O4Si. The Balaban J connectivity index is 2.94. The number of rotatable bonds is 7. The summed E-state index contributed by atoms with van der Waals surface area (Å²) in [5.41, 5.74) is 8.40. The largest absolute Gasteiger partial charge is 0.413 e. The summed E-state index contributed by atoms with van der Waals surface area (Å²) in [6, 6.07) is -0.448. The van der Waals surface area contributed by atoms with Gasteiger partial charge in [-0.05, 0) is 25.1 Å². The number of carbonyl (C=O) groups excluding carboxylic acids is 3. The maximum absolute atomic E-state index is 12.4. The summed E-state index contributed by atoms with van der Waals surface area (Å²) in [4.78, 5) is 38.7. The van der Waals surface area contributed by atoms with E-state index in [1.54, 1.807) is 6.92 Å². The molecule has 1 aliphatic heterocycles. The Labute approximate surface area is 150 Å². The van der Waals surface area contributed by atoms with Crippen LogP contribution < -0.4 is 5.32 Å². The van der Waals surface area contributed by atoms with Crippen LogP contribution in [0.4, 0.5) is 0 Å². The van der Waals surface area contributed by atoms with Gasteiger partial charge in [0.05, 0.1) is 18.1 Å². The van der Waals surface area contributed by atoms with E-state index < -0.39 is 43.5 Å². The van der Waals surface area contributed by atoms with Crippen molar-refractivity contribution in [2.45, 2.75) is 71.8 Å². The third-order valence-electron chi connectivity index (χ3n) is 5.41. The van der Waals surface area contributed by atoms with Crippen LogP contribution in [0.2, 0.25) is 18.1 Å². The molecule has 25 heavy (non-hydrogen) atoms. The maximum Gasteiger partial charge on any atom is 0.400 e. The van der Waals surface area contributed by atoms with Gasteiger partial charge in [0.25, 0.3) is 5.78 Å². The van der Waals surface area contributed by atoms with Crippen LogP contribution in [0.15, 0.2) is 0 Å². The second-order valence-corrected chi connectivity index (χ2v) is 13.1. The molecule has 0 aromatic rings. The summed E-state index contributed by atoms with van der Waals surface area (Å²) in [6.45, 7) is 15.2. The van der Waals surface area contributed by atoms with Gasteiger partial charge in [-0.3, -0.25) is 14.4 Å². The molecule has 0 radical (unpaired) electrons. The average Bonchev–Trinajstić information content (AvgIpc) is 2.41. The predicted molar refractivity (Wildman–Crippen MR) is 96.6 cm³/mol. The third kappa shape index (κ3) is 4.32. The van der Waals surface area contributed by atoms with E-state index in [-0.39, 0.29) is 17.0 Å². The molecule has 1 amide bonds. The first kappa shape index (κ1) is 21.4. The Morgan fingerprint density at radius 1 is 1.28 bits per heavy atom. The Morgan fingerprint density at radius 2 is 1.80 bits per heavy atom. The molecule has 2 unspecified atom stereocenters. The van der Waals surface area contributed by atoms with Crippen molar-refractivity contribution >= 4 is 31.5 Å². The van der Waals surface area contributed by atoms with Crippen LogP contribution in [0.25, 0.3) is 5.53 Å². The van der Waals surface area contributed by atoms with Crippen molar-refractivity contribution in [2.24, 2.45) is 11.8 Å². The number of Topliss-reactive ketones (excluding diaryl/α,β-unsaturated/α-hetero) is 2. The lowest BCUT2D eigenvalue weighted by Gasteiger charge is -2.46. The number of hydrogen-bond donors (Lipinski definition) is 1. The first-order valence-electron chi connectivity index (χ1n) is 8.50. The fourth-order valence-electron chi connectivity index (χ4n) is 2.75. The molecular weight excluding hydrogens is 338 g/mol. The van der Waals surface area contributed by atoms with Gasteiger partial charge in [0, 0.05) is 12.8 Å². The van der Waals surface area contributed by atoms with Crippen molar-refractivity contribution in [2.75, 3.05) is 0 Å². The summed E-state index contributed by atoms with van der Waals surface area (Å²) >= 11 is 0. The molecule has 0 bridgehead atoms. The molecule has 1 rings (SSSR count). The first-order chi connectivity index (χ1) is 11.2. The van der Waals surface area contributed by atoms with Gasteiger partial charge in [-0.1, -0.05) is 27.7 Å². The number of β-lactam (4-membered cyclic amide) rings is 1. The van der Waals surface area contributed by atoms with E-state index in [4.69, 9.17) is 9.96 Å². The fourth-order valence-corrected chi connectivity index (χ4v) is 4.17. The number of ketones is 2. The van der Waals surface area contributed by atoms with Crippen molar-refractivity contribution in [3.63, 3.8) is 0 Å². The standard InChI is InChI=1S/C17H29N3O4Si/c1-9(15(22)14(20-18)10(2)21)13-12(16(23)19-13)11(3)24-25(7,8)17(4,5)6/h9,11-13H,1-8H3,(H,19,23)/t9-,11-,12?,13?/m1/s1. The Morgan fingerprint density at radius 3 is 2.16 bits per heavy atom. The molecule has 1 aliphatic rings. The second kappa shape index (κ2) is 7.31. The molecule has 0 aromatic heterocycles. The highest BCUT2D eigenvalue weighted by Crippen LogP contribution is 2.39. The zero-order valence-electron chi connectivity index (χ0n) is 16.3. The highest BCUT2D eigenvalue weighted by Gasteiger charge is 2.51. The number of hydrogen-bond acceptors (Lipinski definition) is 4. The molecule has 1 N–H and O–H groups in total. The molecule has 1 fully saturated rings. The minimum atomic E-state index is -2.06. The molecule has 7 nitrogen and oxygen atoms in total. The van der Waals surface area contributed by atoms with E-state index in [1.807, 2.05) is 6.92 Å². The van der Waals surface area contributed by atoms with E-state index in [2.05, 4.69) is 44.0 Å². The van der Waals surface area contributed by atoms with Crippen LogP contribution in [0, 0.1) is 11.8 Å². The molecule has 140 valence electrons. The van der Waals surface area contributed by atoms with E-state index >= 15 is 0 Å². The van der Waals surface area contributed by atoms with Crippen LogP contribution in [0.1, 0.15) is 41.5 Å². The lowest BCUT2D eigenvalue weighted by molar-refractivity contribution is -0.144. The third-order valence-corrected chi connectivity index (χ3v) is 9.98. The lowest BCUT2D eigenvalue weighted by Crippen LogP contribution is -2.67. The minimum Gasteiger partial charge on any atom is -0.413 e. The average molecular weight is 368 g/mol. The number of nitrogens with zero attached hydrogens (tertiary/aromatic N) is 2. The van der Waals surface area contributed by atoms with Gasteiger partial charge < -0.3 is 15.3 Å². The molecule has 1 heterocycles. The van der Waals surface area contributed by atoms with E-state index in [0.717, 1.165) is 0 Å². The van der Waals surface area contributed by atoms with Crippen molar-refractivity contribution in [1.82, 2.24) is 5.32 Å². The quantitative estimate of drug-likeness (QED) is 0.185. The molecule has 0 aliphatic carbocycles. The summed E-state index contributed by atoms with van der Waals surface area (Å²) < 4.78 is 6.29. The van der Waals surface area contributed by atoms with Gasteiger partial charge in [-0.25, -0.2) is 0 Å². The Bertz CT molecular complexity index is 632. The topological polar surface area (TPSA) is 109 Å². The minimum absolute atomic E-state index is 0.00373. The molecule has 4 atom stereocenters. The molecule has 0 saturated carbocycles. The van der Waals surface area contributed by atoms with Crippen LogP contribution in [-0.2, 0) is 18.8 Å². The summed E-state index contributed by atoms with van der Waals surface area (Å²) in [5.74, 6) is -2.50. The molecule has 1 saturated heterocycles. The van der Waals surface area contributed by atoms with Crippen LogP contribution >= 0.6 is 0 Å². The van der Waals surface area contributed by atoms with E-state index in [9.17, 15) is 14.4 Å². The molecule has 0 aromatic carbocycles. The van der Waals surface area contributed by atoms with Gasteiger partial charge in [0.2, 0.25) is 11.7 Å². The fraction of sp³-hybridized carbons (Fsp3) is 0.765. The van der Waals surface area contributed by atoms with Gasteiger partial charge in [0.1, 0.15) is 0 Å². The van der Waals surface area contributed by atoms with Crippen molar-refractivity contribution in [3.8, 4) is 0 Å². The van der Waals surface area contributed by atoms with Gasteiger partial charge in [-0.15, -0.1) is 0 Å². The van der Waals surface area contributed by atoms with Crippen LogP contribution in [0.3, 0.4) is 0 Å². The van der Waals surface area contributed by atoms with Crippen molar-refractivity contribution < 1.29 is 23.6 Å². The molecule has 8 heteroatoms. The Kier molecular flexibility index (Phi) is 6.26. The van der Waals surface area contributed by atoms with Crippen molar-refractivity contribution in [1.29, 1.82) is 0 Å². The highest BCUT2D eigenvalue weighted by atomic mass is 28.4. The smallest absolute Gasteiger partial charge is 0.400 e. The molecule has 0 spiro atoms. The number of carbonyl (C=O) groups is 3. The second-order valence-electron chi connectivity index (χ2n) is 8.30. The predicted octanol–water partition coefficient (Wildman–Crippen LogP) is 1.98. The van der Waals surface area contributed by atoms with Gasteiger partial charge >= 0.3 is 5.71 Å². The lowest BCUT2D eigenvalue weighted by atomic mass is 9.76. The monoisotopic (exact) mass is 367 g/mol. The van der Waals surface area contributed by atoms with E-state index in [0.29, 0.717) is 0 Å². The van der Waals surface area contributed by atoms with Crippen molar-refractivity contribution in [3.05, 3.63) is 5.53 Å². The normalized spacial score (nSPS) is 23.0. The first-order valence-corrected chi connectivity index (χ1v) is 11.4. The van der Waals surface area contributed by atoms with Crippen LogP contribution in [0.5, 0.6) is 0 Å². The zero-order chi connectivity index (χ0) is 19.7. The van der Waals surface area contributed by atoms with Gasteiger partial charge in [-0.2, -0.15) is 4.79 Å². The highest BCUT2D eigenvalue weighted by molar-refractivity contribution is 6.74. The zero-order valence-corrected chi connectivity index (χ0v) is 17.3. The SMILES string of the molecule is CC(=O)C(=[N+]=[N-])C(=O)[C@H](C)C1NC(=O)C1[C@@H](C)O[Si](C)(C)C(C)(C)C. The maximum atomic E-state index is 12.4. The number of nitrogens with one attached hydrogen (secondary N) is 1. The summed E-state index contributed by atoms with van der Waals surface area (Å²) in [5, 5.41) is 2.73. The summed E-state index contributed by atoms with van der Waals surface area (Å²) in [6.07, 6.45) is -0.346.